The van der Waals surface area contributed by atoms with Crippen molar-refractivity contribution in [3.05, 3.63) is 58.1 Å². The van der Waals surface area contributed by atoms with Gasteiger partial charge in [0.1, 0.15) is 0 Å². The Balaban J connectivity index is 0.921. The first-order valence-electron chi connectivity index (χ1n) is 31.3. The normalized spacial score (nSPS) is 22.6. The van der Waals surface area contributed by atoms with Gasteiger partial charge in [0.2, 0.25) is 0 Å². The molecule has 0 heterocycles. The molecule has 29 aromatic rings. The third kappa shape index (κ3) is 2.02. The van der Waals surface area contributed by atoms with Crippen molar-refractivity contribution in [2.24, 2.45) is 0 Å². The Morgan fingerprint density at radius 3 is 0.864 bits per heavy atom. The summed E-state index contributed by atoms with van der Waals surface area (Å²) in [6, 6.07) is 12.2. The predicted octanol–water partition coefficient (Wildman–Crippen LogP) is 21.3. The fraction of sp³-hybridized carbons (Fsp3) is 0.177. The number of carbonyl (C=O) groups is 1. The van der Waals surface area contributed by atoms with Crippen molar-refractivity contribution in [3.8, 4) is 0 Å². The highest BCUT2D eigenvalue weighted by Gasteiger charge is 2.94. The van der Waals surface area contributed by atoms with Crippen LogP contribution in [0.15, 0.2) is 30.3 Å². The van der Waals surface area contributed by atoms with Crippen molar-refractivity contribution in [3.63, 3.8) is 0 Å². The molecule has 0 bridgehead atoms. The van der Waals surface area contributed by atoms with Crippen LogP contribution in [0.2, 0.25) is 0 Å². The second-order valence-electron chi connectivity index (χ2n) is 29.4. The van der Waals surface area contributed by atoms with Crippen molar-refractivity contribution >= 4 is 297 Å². The van der Waals surface area contributed by atoms with Gasteiger partial charge in [-0.1, -0.05) is 69.4 Å². The van der Waals surface area contributed by atoms with Crippen LogP contribution in [-0.2, 0) is 25.8 Å². The number of ether oxygens (including phenoxy) is 1. The first kappa shape index (κ1) is 33.7. The van der Waals surface area contributed by atoms with Crippen LogP contribution in [0.1, 0.15) is 92.5 Å². The van der Waals surface area contributed by atoms with E-state index in [9.17, 15) is 4.79 Å². The summed E-state index contributed by atoms with van der Waals surface area (Å²) in [6.45, 7) is 2.83. The predicted molar refractivity (Wildman–Crippen MR) is 340 cm³/mol. The minimum atomic E-state index is -0.352. The maximum atomic E-state index is 14.4. The number of rotatable bonds is 12. The minimum Gasteiger partial charge on any atom is -0.466 e. The molecular formula is C79H28O2. The zero-order chi connectivity index (χ0) is 49.5. The van der Waals surface area contributed by atoms with E-state index in [1.807, 2.05) is 0 Å². The van der Waals surface area contributed by atoms with Crippen LogP contribution in [-0.4, -0.2) is 12.6 Å². The molecule has 2 spiro atoms. The van der Waals surface area contributed by atoms with Crippen LogP contribution in [0.4, 0.5) is 0 Å². The summed E-state index contributed by atoms with van der Waals surface area (Å²) in [6.07, 6.45) is 9.39. The lowest BCUT2D eigenvalue weighted by Crippen LogP contribution is -2.27. The molecule has 0 N–H and O–H groups in total. The number of esters is 1. The zero-order valence-corrected chi connectivity index (χ0v) is 43.3. The van der Waals surface area contributed by atoms with Gasteiger partial charge < -0.3 is 4.74 Å². The number of hydrogen-bond donors (Lipinski definition) is 0. The highest BCUT2D eigenvalue weighted by molar-refractivity contribution is 6.82. The molecule has 0 amide bonds. The molecule has 29 aromatic carbocycles. The van der Waals surface area contributed by atoms with Gasteiger partial charge in [0.15, 0.2) is 0 Å². The average molecular weight is 1010 g/mol. The molecule has 2 atom stereocenters. The van der Waals surface area contributed by atoms with Crippen LogP contribution in [0, 0.1) is 0 Å². The lowest BCUT2D eigenvalue weighted by molar-refractivity contribution is -0.143. The summed E-state index contributed by atoms with van der Waals surface area (Å²) in [7, 11) is 0. The first-order valence-corrected chi connectivity index (χ1v) is 31.3. The molecule has 1 saturated carbocycles. The van der Waals surface area contributed by atoms with Crippen molar-refractivity contribution < 1.29 is 9.53 Å². The lowest BCUT2D eigenvalue weighted by Gasteiger charge is -2.33. The smallest absolute Gasteiger partial charge is 0.305 e. The quantitative estimate of drug-likeness (QED) is 0.0693. The van der Waals surface area contributed by atoms with Crippen LogP contribution >= 0.6 is 0 Å². The van der Waals surface area contributed by atoms with E-state index in [1.165, 1.54) is 31.2 Å². The van der Waals surface area contributed by atoms with E-state index in [-0.39, 0.29) is 22.2 Å². The van der Waals surface area contributed by atoms with E-state index in [0.29, 0.717) is 13.0 Å². The molecule has 0 aliphatic heterocycles. The molecule has 0 aromatic heterocycles. The van der Waals surface area contributed by atoms with E-state index in [2.05, 4.69) is 37.3 Å². The largest absolute Gasteiger partial charge is 0.466 e. The van der Waals surface area contributed by atoms with E-state index < -0.39 is 0 Å². The number of hydrogen-bond acceptors (Lipinski definition) is 2. The summed E-state index contributed by atoms with van der Waals surface area (Å²) in [5.41, 5.74) is 7.38. The molecule has 34 rings (SSSR count). The second kappa shape index (κ2) is 8.32. The highest BCUT2D eigenvalue weighted by atomic mass is 16.5. The van der Waals surface area contributed by atoms with E-state index in [1.54, 1.807) is 313 Å². The Labute approximate surface area is 449 Å². The van der Waals surface area contributed by atoms with E-state index in [4.69, 9.17) is 4.74 Å². The summed E-state index contributed by atoms with van der Waals surface area (Å²) in [4.78, 5) is 14.4. The Morgan fingerprint density at radius 2 is 0.543 bits per heavy atom. The van der Waals surface area contributed by atoms with Gasteiger partial charge in [0.25, 0.3) is 0 Å². The van der Waals surface area contributed by atoms with Crippen molar-refractivity contribution in [2.75, 3.05) is 6.61 Å². The molecular weight excluding hydrogens is 981 g/mol. The molecule has 5 aliphatic rings. The van der Waals surface area contributed by atoms with Gasteiger partial charge in [-0.25, -0.2) is 0 Å². The first-order chi connectivity index (χ1) is 40.3. The molecule has 0 radical (unpaired) electrons. The van der Waals surface area contributed by atoms with Gasteiger partial charge >= 0.3 is 5.97 Å². The summed E-state index contributed by atoms with van der Waals surface area (Å²) < 4.78 is 6.26. The SMILES string of the molecule is CCCCCCCCOC(=O)CCCC1(c2ccccc2)C23c4c5c6c7c8c9c(c%10c%11c2c2c%12c4c4c%13c5c5c7c7c8c8c%14c9c%10c9c%10c%11c2c2c%11c%12c4c4c%12c%13c5c5c7c7c8c8c%14c9c9c%10c2c2c%11c4c4c%12c5c7c5c8c9c2c45)C613. The van der Waals surface area contributed by atoms with Crippen LogP contribution < -0.4 is 0 Å². The van der Waals surface area contributed by atoms with E-state index in [0.717, 1.165) is 25.7 Å². The Bertz CT molecular complexity index is 7440. The highest BCUT2D eigenvalue weighted by Crippen LogP contribution is 2.97. The summed E-state index contributed by atoms with van der Waals surface area (Å²) in [5.74, 6) is 0.00224. The standard InChI is InChI=1S/C79H28O2/c1-2-3-4-5-6-10-16-81-18(80)14-11-15-77(17-12-8-7-9-13-17)78-73-66-59-47-39-30-21-19-20-22-25(21)34-41(39)49-50-42(34)40-31(22)33-29-24(20)27-26-23(19)28-32(30)45(47)53-51-37(28)35(26)43-44-36(27)38(29)52-54-46(33)48(40)60-62(50)71(70(73)61(49)59)74-67(60)65(54)69-58(52)56(44)63-55(43)57(51)68(64(53)66)75(78)72(63)76(69)79(74,77)78/h7-9,12-13H,2-6,10-11,14-16H2,1H3. The van der Waals surface area contributed by atoms with Crippen LogP contribution in [0.5, 0.6) is 0 Å². The fourth-order valence-electron chi connectivity index (χ4n) is 28.0. The van der Waals surface area contributed by atoms with Gasteiger partial charge in [-0.3, -0.25) is 4.79 Å². The third-order valence-electron chi connectivity index (χ3n) is 28.5. The molecule has 81 heavy (non-hydrogen) atoms. The van der Waals surface area contributed by atoms with E-state index >= 15 is 0 Å². The topological polar surface area (TPSA) is 26.3 Å². The maximum Gasteiger partial charge on any atom is 0.305 e. The van der Waals surface area contributed by atoms with Crippen molar-refractivity contribution in [2.45, 2.75) is 81.0 Å². The lowest BCUT2D eigenvalue weighted by atomic mass is 9.68. The minimum absolute atomic E-state index is 0.00224. The number of unbranched alkanes of at least 4 members (excludes halogenated alkanes) is 5. The van der Waals surface area contributed by atoms with Crippen molar-refractivity contribution in [1.29, 1.82) is 0 Å². The second-order valence-corrected chi connectivity index (χ2v) is 29.4. The molecule has 5 aliphatic carbocycles. The monoisotopic (exact) mass is 1010 g/mol. The summed E-state index contributed by atoms with van der Waals surface area (Å²) in [5, 5.41) is 88.8. The number of carbonyl (C=O) groups excluding carboxylic acids is 1. The molecule has 0 saturated heterocycles. The van der Waals surface area contributed by atoms with Crippen molar-refractivity contribution in [1.82, 2.24) is 0 Å². The van der Waals surface area contributed by atoms with Crippen LogP contribution in [0.3, 0.4) is 0 Å². The fourth-order valence-corrected chi connectivity index (χ4v) is 28.0. The summed E-state index contributed by atoms with van der Waals surface area (Å²) >= 11 is 0. The van der Waals surface area contributed by atoms with Gasteiger partial charge in [-0.2, -0.15) is 0 Å². The maximum absolute atomic E-state index is 14.4. The van der Waals surface area contributed by atoms with Gasteiger partial charge in [-0.05, 0) is 338 Å². The van der Waals surface area contributed by atoms with Gasteiger partial charge in [0.05, 0.1) is 6.61 Å². The molecule has 2 heteroatoms. The molecule has 2 unspecified atom stereocenters. The Morgan fingerprint density at radius 1 is 0.296 bits per heavy atom. The number of benzene rings is 18. The Kier molecular flexibility index (Phi) is 3.46. The third-order valence-corrected chi connectivity index (χ3v) is 28.5. The Hall–Kier alpha value is -8.85. The average Bonchev–Trinajstić information content (AvgIpc) is 1.38. The van der Waals surface area contributed by atoms with Crippen LogP contribution in [0.25, 0.3) is 291 Å². The molecule has 1 fully saturated rings. The van der Waals surface area contributed by atoms with Gasteiger partial charge in [-0.15, -0.1) is 0 Å². The zero-order valence-electron chi connectivity index (χ0n) is 43.3. The molecule has 2 nitrogen and oxygen atoms in total. The molecule has 356 valence electrons. The van der Waals surface area contributed by atoms with Gasteiger partial charge in [0, 0.05) is 22.7 Å².